The fraction of sp³-hybridized carbons (Fsp3) is 0.562. The van der Waals surface area contributed by atoms with E-state index in [1.54, 1.807) is 10.9 Å². The number of hydrogen-bond acceptors (Lipinski definition) is 4. The third-order valence-corrected chi connectivity index (χ3v) is 4.85. The van der Waals surface area contributed by atoms with Crippen molar-refractivity contribution < 1.29 is 9.53 Å². The van der Waals surface area contributed by atoms with Gasteiger partial charge in [0.1, 0.15) is 0 Å². The van der Waals surface area contributed by atoms with Crippen LogP contribution in [0.3, 0.4) is 0 Å². The Labute approximate surface area is 129 Å². The lowest BCUT2D eigenvalue weighted by Crippen LogP contribution is -2.51. The predicted octanol–water partition coefficient (Wildman–Crippen LogP) is 1.67. The molecule has 1 amide bonds. The fourth-order valence-corrected chi connectivity index (χ4v) is 3.77. The maximum Gasteiger partial charge on any atom is 0.255 e. The lowest BCUT2D eigenvalue weighted by atomic mass is 10.1. The van der Waals surface area contributed by atoms with Crippen LogP contribution in [0, 0.1) is 6.92 Å². The van der Waals surface area contributed by atoms with E-state index >= 15 is 0 Å². The van der Waals surface area contributed by atoms with Gasteiger partial charge < -0.3 is 9.64 Å². The first-order valence-corrected chi connectivity index (χ1v) is 7.87. The van der Waals surface area contributed by atoms with Crippen LogP contribution in [0.2, 0.25) is 0 Å². The van der Waals surface area contributed by atoms with Crippen LogP contribution < -0.4 is 0 Å². The van der Waals surface area contributed by atoms with Gasteiger partial charge in [-0.25, -0.2) is 4.98 Å². The Kier molecular flexibility index (Phi) is 3.14. The minimum absolute atomic E-state index is 0.0675. The Bertz CT molecular complexity index is 739. The van der Waals surface area contributed by atoms with Crippen molar-refractivity contribution in [3.63, 3.8) is 0 Å². The molecule has 0 spiro atoms. The average molecular weight is 300 g/mol. The van der Waals surface area contributed by atoms with Gasteiger partial charge in [-0.05, 0) is 32.3 Å². The molecule has 2 aromatic heterocycles. The van der Waals surface area contributed by atoms with Gasteiger partial charge >= 0.3 is 0 Å². The molecule has 0 aromatic carbocycles. The fourth-order valence-electron chi connectivity index (χ4n) is 3.77. The van der Waals surface area contributed by atoms with Gasteiger partial charge in [-0.15, -0.1) is 0 Å². The molecule has 2 aliphatic rings. The average Bonchev–Trinajstić information content (AvgIpc) is 3.11. The highest BCUT2D eigenvalue weighted by molar-refractivity contribution is 5.97. The SMILES string of the molecule is Cc1nn(C)c2ncc(C(=O)N3CCO[C@@H]4CCC[C@@H]43)cc12. The van der Waals surface area contributed by atoms with Crippen LogP contribution in [-0.2, 0) is 11.8 Å². The molecule has 6 nitrogen and oxygen atoms in total. The van der Waals surface area contributed by atoms with Gasteiger partial charge in [0.2, 0.25) is 0 Å². The number of fused-ring (bicyclic) bond motifs is 2. The van der Waals surface area contributed by atoms with Gasteiger partial charge in [-0.1, -0.05) is 0 Å². The molecule has 2 fully saturated rings. The molecule has 1 saturated heterocycles. The zero-order chi connectivity index (χ0) is 15.3. The molecular formula is C16H20N4O2. The summed E-state index contributed by atoms with van der Waals surface area (Å²) < 4.78 is 7.54. The monoisotopic (exact) mass is 300 g/mol. The number of carbonyl (C=O) groups is 1. The van der Waals surface area contributed by atoms with Crippen LogP contribution in [0.4, 0.5) is 0 Å². The van der Waals surface area contributed by atoms with Crippen molar-refractivity contribution in [2.45, 2.75) is 38.3 Å². The molecule has 6 heteroatoms. The smallest absolute Gasteiger partial charge is 0.255 e. The minimum atomic E-state index is 0.0675. The highest BCUT2D eigenvalue weighted by atomic mass is 16.5. The summed E-state index contributed by atoms with van der Waals surface area (Å²) in [5, 5.41) is 5.31. The van der Waals surface area contributed by atoms with Crippen molar-refractivity contribution in [1.82, 2.24) is 19.7 Å². The third kappa shape index (κ3) is 2.01. The van der Waals surface area contributed by atoms with E-state index in [-0.39, 0.29) is 18.1 Å². The second-order valence-electron chi connectivity index (χ2n) is 6.21. The number of hydrogen-bond donors (Lipinski definition) is 0. The molecule has 1 saturated carbocycles. The van der Waals surface area contributed by atoms with Crippen LogP contribution in [0.15, 0.2) is 12.3 Å². The third-order valence-electron chi connectivity index (χ3n) is 4.85. The quantitative estimate of drug-likeness (QED) is 0.804. The Morgan fingerprint density at radius 1 is 1.41 bits per heavy atom. The molecule has 0 unspecified atom stereocenters. The van der Waals surface area contributed by atoms with E-state index in [2.05, 4.69) is 10.1 Å². The maximum absolute atomic E-state index is 12.9. The first-order chi connectivity index (χ1) is 10.6. The Balaban J connectivity index is 1.68. The number of pyridine rings is 1. The van der Waals surface area contributed by atoms with E-state index in [4.69, 9.17) is 4.74 Å². The topological polar surface area (TPSA) is 60.2 Å². The van der Waals surface area contributed by atoms with Crippen LogP contribution in [0.25, 0.3) is 11.0 Å². The minimum Gasteiger partial charge on any atom is -0.374 e. The summed E-state index contributed by atoms with van der Waals surface area (Å²) in [5.41, 5.74) is 2.37. The lowest BCUT2D eigenvalue weighted by Gasteiger charge is -2.37. The second kappa shape index (κ2) is 5.05. The van der Waals surface area contributed by atoms with Gasteiger partial charge in [0.05, 0.1) is 30.0 Å². The number of aromatic nitrogens is 3. The van der Waals surface area contributed by atoms with Gasteiger partial charge in [-0.2, -0.15) is 5.10 Å². The van der Waals surface area contributed by atoms with E-state index in [0.29, 0.717) is 18.7 Å². The highest BCUT2D eigenvalue weighted by Crippen LogP contribution is 2.31. The number of ether oxygens (including phenoxy) is 1. The Hall–Kier alpha value is -1.95. The molecule has 0 N–H and O–H groups in total. The summed E-state index contributed by atoms with van der Waals surface area (Å²) in [5.74, 6) is 0.0675. The van der Waals surface area contributed by atoms with E-state index in [9.17, 15) is 4.79 Å². The summed E-state index contributed by atoms with van der Waals surface area (Å²) in [4.78, 5) is 19.3. The number of nitrogens with zero attached hydrogens (tertiary/aromatic N) is 4. The summed E-state index contributed by atoms with van der Waals surface area (Å²) in [6.07, 6.45) is 5.13. The number of aryl methyl sites for hydroxylation is 2. The van der Waals surface area contributed by atoms with Crippen molar-refractivity contribution >= 4 is 16.9 Å². The summed E-state index contributed by atoms with van der Waals surface area (Å²) in [6.45, 7) is 3.25. The van der Waals surface area contributed by atoms with E-state index in [1.807, 2.05) is 24.9 Å². The zero-order valence-electron chi connectivity index (χ0n) is 13.0. The molecule has 2 atom stereocenters. The Morgan fingerprint density at radius 3 is 3.14 bits per heavy atom. The maximum atomic E-state index is 12.9. The number of morpholine rings is 1. The van der Waals surface area contributed by atoms with Crippen molar-refractivity contribution in [1.29, 1.82) is 0 Å². The first-order valence-electron chi connectivity index (χ1n) is 7.87. The zero-order valence-corrected chi connectivity index (χ0v) is 13.0. The van der Waals surface area contributed by atoms with Crippen LogP contribution in [0.5, 0.6) is 0 Å². The lowest BCUT2D eigenvalue weighted by molar-refractivity contribution is -0.0445. The molecule has 0 bridgehead atoms. The molecule has 2 aromatic rings. The van der Waals surface area contributed by atoms with Crippen LogP contribution in [-0.4, -0.2) is 50.9 Å². The summed E-state index contributed by atoms with van der Waals surface area (Å²) in [7, 11) is 1.87. The van der Waals surface area contributed by atoms with Crippen molar-refractivity contribution in [2.75, 3.05) is 13.2 Å². The van der Waals surface area contributed by atoms with Gasteiger partial charge in [0.25, 0.3) is 5.91 Å². The van der Waals surface area contributed by atoms with Crippen molar-refractivity contribution in [3.8, 4) is 0 Å². The summed E-state index contributed by atoms with van der Waals surface area (Å²) >= 11 is 0. The molecule has 4 rings (SSSR count). The normalized spacial score (nSPS) is 24.7. The van der Waals surface area contributed by atoms with Gasteiger partial charge in [0.15, 0.2) is 5.65 Å². The number of rotatable bonds is 1. The molecule has 0 radical (unpaired) electrons. The van der Waals surface area contributed by atoms with E-state index in [1.165, 1.54) is 0 Å². The predicted molar refractivity (Wildman–Crippen MR) is 81.7 cm³/mol. The highest BCUT2D eigenvalue weighted by Gasteiger charge is 2.38. The molecule has 3 heterocycles. The molecule has 1 aliphatic heterocycles. The van der Waals surface area contributed by atoms with Crippen LogP contribution >= 0.6 is 0 Å². The van der Waals surface area contributed by atoms with E-state index in [0.717, 1.165) is 36.0 Å². The Morgan fingerprint density at radius 2 is 2.27 bits per heavy atom. The first kappa shape index (κ1) is 13.7. The molecular weight excluding hydrogens is 280 g/mol. The number of amides is 1. The molecule has 22 heavy (non-hydrogen) atoms. The summed E-state index contributed by atoms with van der Waals surface area (Å²) in [6, 6.07) is 2.15. The standard InChI is InChI=1S/C16H20N4O2/c1-10-12-8-11(9-17-15(12)19(2)18-10)16(21)20-6-7-22-14-5-3-4-13(14)20/h8-9,13-14H,3-7H2,1-2H3/t13-,14+/m0/s1. The molecule has 1 aliphatic carbocycles. The van der Waals surface area contributed by atoms with Gasteiger partial charge in [-0.3, -0.25) is 9.48 Å². The molecule has 116 valence electrons. The van der Waals surface area contributed by atoms with E-state index < -0.39 is 0 Å². The van der Waals surface area contributed by atoms with Crippen molar-refractivity contribution in [3.05, 3.63) is 23.5 Å². The van der Waals surface area contributed by atoms with Crippen molar-refractivity contribution in [2.24, 2.45) is 7.05 Å². The largest absolute Gasteiger partial charge is 0.374 e. The van der Waals surface area contributed by atoms with Crippen LogP contribution in [0.1, 0.15) is 35.3 Å². The second-order valence-corrected chi connectivity index (χ2v) is 6.21. The van der Waals surface area contributed by atoms with Gasteiger partial charge in [0, 0.05) is 25.2 Å². The number of carbonyl (C=O) groups excluding carboxylic acids is 1.